The number of halogens is 4. The van der Waals surface area contributed by atoms with E-state index in [2.05, 4.69) is 15.6 Å². The van der Waals surface area contributed by atoms with Crippen LogP contribution in [-0.2, 0) is 12.7 Å². The van der Waals surface area contributed by atoms with Gasteiger partial charge in [0.05, 0.1) is 17.7 Å². The summed E-state index contributed by atoms with van der Waals surface area (Å²) in [7, 11) is 1.54. The number of nitrogens with one attached hydrogen (secondary N) is 2. The van der Waals surface area contributed by atoms with E-state index < -0.39 is 22.8 Å². The zero-order valence-corrected chi connectivity index (χ0v) is 16.5. The number of nitrogens with zero attached hydrogens (tertiary/aromatic N) is 1. The number of hydrogen-bond acceptors (Lipinski definition) is 3. The zero-order valence-electron chi connectivity index (χ0n) is 15.8. The molecule has 0 radical (unpaired) electrons. The number of carbonyl (C=O) groups excluding carboxylic acids is 1. The molecule has 0 saturated carbocycles. The Hall–Kier alpha value is -3.26. The molecule has 2 N–H and O–H groups in total. The molecular formula is C21H17ClF3N3O2. The molecule has 30 heavy (non-hydrogen) atoms. The maximum absolute atomic E-state index is 12.9. The highest BCUT2D eigenvalue weighted by Gasteiger charge is 2.33. The van der Waals surface area contributed by atoms with Crippen LogP contribution in [0.25, 0.3) is 11.1 Å². The van der Waals surface area contributed by atoms with Gasteiger partial charge in [-0.05, 0) is 41.5 Å². The lowest BCUT2D eigenvalue weighted by molar-refractivity contribution is -0.137. The van der Waals surface area contributed by atoms with Crippen LogP contribution in [-0.4, -0.2) is 18.1 Å². The summed E-state index contributed by atoms with van der Waals surface area (Å²) in [5.41, 5.74) is 1.52. The maximum Gasteiger partial charge on any atom is 0.417 e. The topological polar surface area (TPSA) is 63.2 Å². The molecule has 2 aromatic carbocycles. The minimum atomic E-state index is -4.61. The minimum absolute atomic E-state index is 0.0109. The van der Waals surface area contributed by atoms with E-state index in [0.29, 0.717) is 5.88 Å². The fourth-order valence-corrected chi connectivity index (χ4v) is 2.98. The van der Waals surface area contributed by atoms with Gasteiger partial charge in [-0.1, -0.05) is 35.9 Å². The Morgan fingerprint density at radius 2 is 1.87 bits per heavy atom. The van der Waals surface area contributed by atoms with Crippen LogP contribution < -0.4 is 15.4 Å². The van der Waals surface area contributed by atoms with E-state index in [1.165, 1.54) is 6.07 Å². The highest BCUT2D eigenvalue weighted by molar-refractivity contribution is 6.31. The van der Waals surface area contributed by atoms with E-state index in [4.69, 9.17) is 16.3 Å². The molecule has 5 nitrogen and oxygen atoms in total. The Bertz CT molecular complexity index is 1040. The van der Waals surface area contributed by atoms with Gasteiger partial charge >= 0.3 is 12.2 Å². The Morgan fingerprint density at radius 1 is 1.13 bits per heavy atom. The van der Waals surface area contributed by atoms with E-state index >= 15 is 0 Å². The first kappa shape index (κ1) is 21.4. The average molecular weight is 436 g/mol. The van der Waals surface area contributed by atoms with Gasteiger partial charge in [0.25, 0.3) is 0 Å². The number of urea groups is 1. The van der Waals surface area contributed by atoms with Gasteiger partial charge < -0.3 is 15.4 Å². The second kappa shape index (κ2) is 9.04. The lowest BCUT2D eigenvalue weighted by Gasteiger charge is -2.12. The van der Waals surface area contributed by atoms with Crippen LogP contribution in [0.1, 0.15) is 11.1 Å². The molecule has 0 spiro atoms. The summed E-state index contributed by atoms with van der Waals surface area (Å²) in [6, 6.07) is 13.6. The Labute approximate surface area is 175 Å². The Kier molecular flexibility index (Phi) is 6.47. The number of anilines is 1. The molecule has 2 amide bonds. The van der Waals surface area contributed by atoms with Crippen LogP contribution in [0, 0.1) is 0 Å². The molecule has 0 aliphatic rings. The van der Waals surface area contributed by atoms with E-state index in [0.717, 1.165) is 28.8 Å². The molecule has 0 aliphatic heterocycles. The Balaban J connectivity index is 1.62. The second-order valence-corrected chi connectivity index (χ2v) is 6.66. The molecule has 9 heteroatoms. The van der Waals surface area contributed by atoms with Crippen LogP contribution in [0.3, 0.4) is 0 Å². The third kappa shape index (κ3) is 5.21. The summed E-state index contributed by atoms with van der Waals surface area (Å²) in [6.07, 6.45) is -2.97. The number of alkyl halides is 3. The number of amides is 2. The lowest BCUT2D eigenvalue weighted by Crippen LogP contribution is -2.28. The summed E-state index contributed by atoms with van der Waals surface area (Å²) in [5.74, 6) is 0.504. The normalized spacial score (nSPS) is 11.1. The van der Waals surface area contributed by atoms with Gasteiger partial charge in [0.1, 0.15) is 0 Å². The highest BCUT2D eigenvalue weighted by Crippen LogP contribution is 2.36. The molecule has 0 unspecified atom stereocenters. The average Bonchev–Trinajstić information content (AvgIpc) is 2.73. The lowest BCUT2D eigenvalue weighted by atomic mass is 10.1. The van der Waals surface area contributed by atoms with Gasteiger partial charge in [-0.25, -0.2) is 9.78 Å². The van der Waals surface area contributed by atoms with Crippen molar-refractivity contribution in [1.29, 1.82) is 0 Å². The van der Waals surface area contributed by atoms with Gasteiger partial charge in [-0.3, -0.25) is 0 Å². The summed E-state index contributed by atoms with van der Waals surface area (Å²) in [4.78, 5) is 16.2. The van der Waals surface area contributed by atoms with Crippen molar-refractivity contribution in [3.63, 3.8) is 0 Å². The van der Waals surface area contributed by atoms with Crippen molar-refractivity contribution in [3.05, 3.63) is 76.9 Å². The molecule has 0 bridgehead atoms. The molecule has 0 aliphatic carbocycles. The minimum Gasteiger partial charge on any atom is -0.481 e. The number of methoxy groups -OCH3 is 1. The molecule has 1 heterocycles. The maximum atomic E-state index is 12.9. The number of rotatable bonds is 5. The van der Waals surface area contributed by atoms with Gasteiger partial charge in [0.2, 0.25) is 5.88 Å². The molecule has 3 aromatic rings. The highest BCUT2D eigenvalue weighted by atomic mass is 35.5. The largest absolute Gasteiger partial charge is 0.481 e. The van der Waals surface area contributed by atoms with Crippen molar-refractivity contribution < 1.29 is 22.7 Å². The smallest absolute Gasteiger partial charge is 0.417 e. The molecule has 0 fully saturated rings. The third-order valence-electron chi connectivity index (χ3n) is 4.21. The molecule has 156 valence electrons. The van der Waals surface area contributed by atoms with Crippen molar-refractivity contribution >= 4 is 23.3 Å². The molecule has 0 atom stereocenters. The number of hydrogen-bond donors (Lipinski definition) is 2. The number of carbonyl (C=O) groups is 1. The number of ether oxygens (including phenoxy) is 1. The van der Waals surface area contributed by atoms with Crippen molar-refractivity contribution in [2.24, 2.45) is 0 Å². The van der Waals surface area contributed by atoms with Crippen molar-refractivity contribution in [1.82, 2.24) is 10.3 Å². The first-order valence-electron chi connectivity index (χ1n) is 8.78. The summed E-state index contributed by atoms with van der Waals surface area (Å²) in [5, 5.41) is 4.54. The summed E-state index contributed by atoms with van der Waals surface area (Å²) < 4.78 is 44.0. The van der Waals surface area contributed by atoms with Crippen molar-refractivity contribution in [2.75, 3.05) is 12.4 Å². The predicted molar refractivity (Wildman–Crippen MR) is 109 cm³/mol. The number of benzene rings is 2. The molecule has 0 saturated heterocycles. The van der Waals surface area contributed by atoms with Crippen molar-refractivity contribution in [3.8, 4) is 17.0 Å². The van der Waals surface area contributed by atoms with Gasteiger partial charge in [0, 0.05) is 24.0 Å². The van der Waals surface area contributed by atoms with E-state index in [1.807, 2.05) is 30.3 Å². The van der Waals surface area contributed by atoms with E-state index in [9.17, 15) is 18.0 Å². The van der Waals surface area contributed by atoms with E-state index in [-0.39, 0.29) is 12.2 Å². The number of aromatic nitrogens is 1. The van der Waals surface area contributed by atoms with Crippen molar-refractivity contribution in [2.45, 2.75) is 12.7 Å². The fourth-order valence-electron chi connectivity index (χ4n) is 2.75. The first-order valence-corrected chi connectivity index (χ1v) is 9.15. The van der Waals surface area contributed by atoms with Crippen LogP contribution in [0.4, 0.5) is 23.7 Å². The van der Waals surface area contributed by atoms with E-state index in [1.54, 1.807) is 19.4 Å². The zero-order chi connectivity index (χ0) is 21.7. The molecule has 1 aromatic heterocycles. The Morgan fingerprint density at radius 3 is 2.53 bits per heavy atom. The van der Waals surface area contributed by atoms with Crippen LogP contribution in [0.2, 0.25) is 5.02 Å². The quantitative estimate of drug-likeness (QED) is 0.536. The first-order chi connectivity index (χ1) is 14.3. The SMILES string of the molecule is COc1ncccc1-c1ccc(CNC(=O)Nc2ccc(Cl)c(C(F)(F)F)c2)cc1. The predicted octanol–water partition coefficient (Wildman–Crippen LogP) is 5.75. The monoisotopic (exact) mass is 435 g/mol. The second-order valence-electron chi connectivity index (χ2n) is 6.26. The van der Waals surface area contributed by atoms with Gasteiger partial charge in [0.15, 0.2) is 0 Å². The molecular weight excluding hydrogens is 419 g/mol. The third-order valence-corrected chi connectivity index (χ3v) is 4.54. The standard InChI is InChI=1S/C21H17ClF3N3O2/c1-30-19-16(3-2-10-26-19)14-6-4-13(5-7-14)12-27-20(29)28-15-8-9-18(22)17(11-15)21(23,24)25/h2-11H,12H2,1H3,(H2,27,28,29). The molecule has 3 rings (SSSR count). The van der Waals surface area contributed by atoms with Crippen LogP contribution >= 0.6 is 11.6 Å². The summed E-state index contributed by atoms with van der Waals surface area (Å²) in [6.45, 7) is 0.190. The van der Waals surface area contributed by atoms with Crippen LogP contribution in [0.5, 0.6) is 5.88 Å². The fraction of sp³-hybridized carbons (Fsp3) is 0.143. The van der Waals surface area contributed by atoms with Gasteiger partial charge in [-0.2, -0.15) is 13.2 Å². The van der Waals surface area contributed by atoms with Gasteiger partial charge in [-0.15, -0.1) is 0 Å². The van der Waals surface area contributed by atoms with Crippen LogP contribution in [0.15, 0.2) is 60.8 Å². The summed E-state index contributed by atoms with van der Waals surface area (Å²) >= 11 is 5.57. The number of pyridine rings is 1.